The lowest BCUT2D eigenvalue weighted by atomic mass is 10.1. The van der Waals surface area contributed by atoms with Crippen molar-refractivity contribution >= 4 is 29.1 Å². The average Bonchev–Trinajstić information content (AvgIpc) is 3.13. The predicted molar refractivity (Wildman–Crippen MR) is 113 cm³/mol. The van der Waals surface area contributed by atoms with Crippen molar-refractivity contribution < 1.29 is 14.3 Å². The fourth-order valence-electron chi connectivity index (χ4n) is 2.53. The molecule has 1 aromatic heterocycles. The van der Waals surface area contributed by atoms with Gasteiger partial charge in [0.25, 0.3) is 5.91 Å². The number of hydrogen-bond acceptors (Lipinski definition) is 5. The van der Waals surface area contributed by atoms with Crippen molar-refractivity contribution in [2.24, 2.45) is 0 Å². The minimum Gasteiger partial charge on any atom is -0.444 e. The number of aromatic nitrogens is 2. The van der Waals surface area contributed by atoms with Gasteiger partial charge < -0.3 is 15.8 Å². The summed E-state index contributed by atoms with van der Waals surface area (Å²) in [5.74, 6) is -0.343. The van der Waals surface area contributed by atoms with Crippen LogP contribution >= 0.6 is 0 Å². The number of anilines is 3. The summed E-state index contributed by atoms with van der Waals surface area (Å²) in [6, 6.07) is 15.7. The third kappa shape index (κ3) is 5.35. The van der Waals surface area contributed by atoms with Gasteiger partial charge >= 0.3 is 6.09 Å². The highest BCUT2D eigenvalue weighted by Gasteiger charge is 2.16. The summed E-state index contributed by atoms with van der Waals surface area (Å²) in [7, 11) is 0. The molecule has 8 heteroatoms. The number of nitrogen functional groups attached to an aromatic ring is 1. The van der Waals surface area contributed by atoms with Crippen molar-refractivity contribution in [3.05, 3.63) is 60.3 Å². The fraction of sp³-hybridized carbons (Fsp3) is 0.190. The van der Waals surface area contributed by atoms with Crippen LogP contribution in [-0.2, 0) is 4.74 Å². The molecule has 0 atom stereocenters. The largest absolute Gasteiger partial charge is 0.444 e. The maximum absolute atomic E-state index is 12.4. The Morgan fingerprint density at radius 1 is 1.03 bits per heavy atom. The molecule has 0 saturated heterocycles. The number of H-pyrrole nitrogens is 1. The van der Waals surface area contributed by atoms with Crippen molar-refractivity contribution in [2.45, 2.75) is 26.4 Å². The highest BCUT2D eigenvalue weighted by atomic mass is 16.6. The van der Waals surface area contributed by atoms with E-state index in [1.165, 1.54) is 0 Å². The van der Waals surface area contributed by atoms with Crippen LogP contribution in [0.3, 0.4) is 0 Å². The average molecular weight is 393 g/mol. The van der Waals surface area contributed by atoms with Crippen molar-refractivity contribution in [2.75, 3.05) is 16.4 Å². The smallest absolute Gasteiger partial charge is 0.412 e. The second-order valence-electron chi connectivity index (χ2n) is 7.41. The third-order valence-electron chi connectivity index (χ3n) is 3.86. The number of para-hydroxylation sites is 2. The van der Waals surface area contributed by atoms with E-state index < -0.39 is 11.7 Å². The van der Waals surface area contributed by atoms with Crippen LogP contribution in [0.5, 0.6) is 0 Å². The zero-order chi connectivity index (χ0) is 21.0. The molecule has 1 heterocycles. The molecule has 3 rings (SSSR count). The monoisotopic (exact) mass is 393 g/mol. The topological polar surface area (TPSA) is 122 Å². The SMILES string of the molecule is CC(C)(C)OC(=O)Nc1ccc(-c2cc(C(=O)Nc3ccccc3N)[nH]n2)cc1. The van der Waals surface area contributed by atoms with Crippen molar-refractivity contribution in [1.29, 1.82) is 0 Å². The highest BCUT2D eigenvalue weighted by Crippen LogP contribution is 2.22. The maximum atomic E-state index is 12.4. The Morgan fingerprint density at radius 3 is 2.38 bits per heavy atom. The molecule has 8 nitrogen and oxygen atoms in total. The molecule has 29 heavy (non-hydrogen) atoms. The Labute approximate surface area is 168 Å². The third-order valence-corrected chi connectivity index (χ3v) is 3.86. The molecule has 0 bridgehead atoms. The molecule has 0 saturated carbocycles. The lowest BCUT2D eigenvalue weighted by Crippen LogP contribution is -2.27. The van der Waals surface area contributed by atoms with Crippen LogP contribution in [-0.4, -0.2) is 27.8 Å². The van der Waals surface area contributed by atoms with Gasteiger partial charge in [0.2, 0.25) is 0 Å². The van der Waals surface area contributed by atoms with Crippen LogP contribution in [0, 0.1) is 0 Å². The van der Waals surface area contributed by atoms with E-state index in [2.05, 4.69) is 20.8 Å². The fourth-order valence-corrected chi connectivity index (χ4v) is 2.53. The molecule has 0 radical (unpaired) electrons. The summed E-state index contributed by atoms with van der Waals surface area (Å²) in [6.07, 6.45) is -0.524. The van der Waals surface area contributed by atoms with Crippen molar-refractivity contribution in [1.82, 2.24) is 10.2 Å². The van der Waals surface area contributed by atoms with E-state index in [1.807, 2.05) is 0 Å². The number of amides is 2. The molecule has 0 spiro atoms. The van der Waals surface area contributed by atoms with Gasteiger partial charge in [0.1, 0.15) is 11.3 Å². The normalized spacial score (nSPS) is 11.0. The second-order valence-corrected chi connectivity index (χ2v) is 7.41. The number of nitrogens with one attached hydrogen (secondary N) is 3. The van der Waals surface area contributed by atoms with Crippen LogP contribution in [0.4, 0.5) is 21.9 Å². The molecule has 5 N–H and O–H groups in total. The first kappa shape index (κ1) is 19.9. The van der Waals surface area contributed by atoms with E-state index in [-0.39, 0.29) is 5.91 Å². The molecule has 0 aliphatic carbocycles. The number of nitrogens with zero attached hydrogens (tertiary/aromatic N) is 1. The molecule has 3 aromatic rings. The summed E-state index contributed by atoms with van der Waals surface area (Å²) in [4.78, 5) is 24.2. The number of benzene rings is 2. The number of carbonyl (C=O) groups excluding carboxylic acids is 2. The van der Waals surface area contributed by atoms with Crippen molar-refractivity contribution in [3.8, 4) is 11.3 Å². The Kier molecular flexibility index (Phi) is 5.54. The van der Waals surface area contributed by atoms with E-state index in [0.717, 1.165) is 5.56 Å². The van der Waals surface area contributed by atoms with Gasteiger partial charge in [-0.3, -0.25) is 15.2 Å². The quantitative estimate of drug-likeness (QED) is 0.493. The standard InChI is InChI=1S/C21H23N5O3/c1-21(2,3)29-20(28)23-14-10-8-13(9-11-14)17-12-18(26-25-17)19(27)24-16-7-5-4-6-15(16)22/h4-12H,22H2,1-3H3,(H,23,28)(H,24,27)(H,25,26). The summed E-state index contributed by atoms with van der Waals surface area (Å²) in [5, 5.41) is 12.3. The molecular weight excluding hydrogens is 370 g/mol. The molecule has 2 amide bonds. The van der Waals surface area contributed by atoms with Gasteiger partial charge in [-0.15, -0.1) is 0 Å². The Hall–Kier alpha value is -3.81. The first-order valence-electron chi connectivity index (χ1n) is 9.03. The van der Waals surface area contributed by atoms with Crippen LogP contribution in [0.25, 0.3) is 11.3 Å². The van der Waals surface area contributed by atoms with Gasteiger partial charge in [-0.25, -0.2) is 4.79 Å². The van der Waals surface area contributed by atoms with Crippen LogP contribution in [0.1, 0.15) is 31.3 Å². The van der Waals surface area contributed by atoms with Crippen LogP contribution < -0.4 is 16.4 Å². The summed E-state index contributed by atoms with van der Waals surface area (Å²) >= 11 is 0. The Balaban J connectivity index is 1.66. The van der Waals surface area contributed by atoms with Gasteiger partial charge in [-0.2, -0.15) is 5.10 Å². The van der Waals surface area contributed by atoms with E-state index >= 15 is 0 Å². The first-order chi connectivity index (χ1) is 13.7. The Morgan fingerprint density at radius 2 is 1.72 bits per heavy atom. The van der Waals surface area contributed by atoms with Gasteiger partial charge in [0.15, 0.2) is 0 Å². The minimum absolute atomic E-state index is 0.305. The molecule has 0 fully saturated rings. The van der Waals surface area contributed by atoms with Gasteiger partial charge in [0.05, 0.1) is 17.1 Å². The Bertz CT molecular complexity index is 1020. The number of aromatic amines is 1. The van der Waals surface area contributed by atoms with Crippen LogP contribution in [0.15, 0.2) is 54.6 Å². The molecular formula is C21H23N5O3. The molecule has 0 aliphatic heterocycles. The van der Waals surface area contributed by atoms with Gasteiger partial charge in [0, 0.05) is 11.3 Å². The first-order valence-corrected chi connectivity index (χ1v) is 9.03. The summed E-state index contributed by atoms with van der Waals surface area (Å²) in [5.41, 5.74) is 8.57. The lowest BCUT2D eigenvalue weighted by Gasteiger charge is -2.19. The molecule has 2 aromatic carbocycles. The number of hydrogen-bond donors (Lipinski definition) is 4. The lowest BCUT2D eigenvalue weighted by molar-refractivity contribution is 0.0635. The van der Waals surface area contributed by atoms with E-state index in [1.54, 1.807) is 75.4 Å². The van der Waals surface area contributed by atoms with E-state index in [9.17, 15) is 9.59 Å². The molecule has 150 valence electrons. The number of nitrogens with two attached hydrogens (primary N) is 1. The number of rotatable bonds is 4. The summed E-state index contributed by atoms with van der Waals surface area (Å²) in [6.45, 7) is 5.40. The van der Waals surface area contributed by atoms with E-state index in [4.69, 9.17) is 10.5 Å². The minimum atomic E-state index is -0.569. The zero-order valence-electron chi connectivity index (χ0n) is 16.4. The maximum Gasteiger partial charge on any atom is 0.412 e. The number of carbonyl (C=O) groups is 2. The van der Waals surface area contributed by atoms with Gasteiger partial charge in [-0.05, 0) is 51.1 Å². The summed E-state index contributed by atoms with van der Waals surface area (Å²) < 4.78 is 5.22. The molecule has 0 aliphatic rings. The number of ether oxygens (including phenoxy) is 1. The van der Waals surface area contributed by atoms with Gasteiger partial charge in [-0.1, -0.05) is 24.3 Å². The molecule has 0 unspecified atom stereocenters. The second kappa shape index (κ2) is 8.05. The van der Waals surface area contributed by atoms with Crippen molar-refractivity contribution in [3.63, 3.8) is 0 Å². The zero-order valence-corrected chi connectivity index (χ0v) is 16.4. The highest BCUT2D eigenvalue weighted by molar-refractivity contribution is 6.05. The van der Waals surface area contributed by atoms with E-state index in [0.29, 0.717) is 28.5 Å². The van der Waals surface area contributed by atoms with Crippen LogP contribution in [0.2, 0.25) is 0 Å². The predicted octanol–water partition coefficient (Wildman–Crippen LogP) is 4.26.